The second-order valence-electron chi connectivity index (χ2n) is 3.91. The molecule has 102 valence electrons. The maximum atomic E-state index is 11.7. The molecular weight excluding hydrogens is 234 g/mol. The zero-order valence-corrected chi connectivity index (χ0v) is 10.9. The summed E-state index contributed by atoms with van der Waals surface area (Å²) in [4.78, 5) is 24.4. The number of nitrogens with two attached hydrogens (primary N) is 1. The van der Waals surface area contributed by atoms with Gasteiger partial charge in [0.05, 0.1) is 12.6 Å². The Morgan fingerprint density at radius 1 is 1.56 bits per heavy atom. The molecule has 0 saturated heterocycles. The SMILES string of the molecule is C#CCC(N)C(=O)N(C)CC(=O)NCCCOC. The van der Waals surface area contributed by atoms with Gasteiger partial charge in [-0.25, -0.2) is 0 Å². The quantitative estimate of drug-likeness (QED) is 0.428. The van der Waals surface area contributed by atoms with Gasteiger partial charge in [0.25, 0.3) is 0 Å². The lowest BCUT2D eigenvalue weighted by atomic mass is 10.2. The molecule has 0 aromatic heterocycles. The summed E-state index contributed by atoms with van der Waals surface area (Å²) in [5, 5.41) is 2.68. The predicted molar refractivity (Wildman–Crippen MR) is 68.6 cm³/mol. The van der Waals surface area contributed by atoms with Crippen LogP contribution < -0.4 is 11.1 Å². The van der Waals surface area contributed by atoms with Crippen LogP contribution in [0.5, 0.6) is 0 Å². The molecule has 1 atom stereocenters. The van der Waals surface area contributed by atoms with Crippen LogP contribution >= 0.6 is 0 Å². The summed E-state index contributed by atoms with van der Waals surface area (Å²) in [6, 6.07) is -0.749. The molecule has 0 aromatic rings. The number of hydrogen-bond acceptors (Lipinski definition) is 4. The normalized spacial score (nSPS) is 11.4. The number of hydrogen-bond donors (Lipinski definition) is 2. The lowest BCUT2D eigenvalue weighted by Crippen LogP contribution is -2.45. The Labute approximate surface area is 108 Å². The van der Waals surface area contributed by atoms with Crippen molar-refractivity contribution in [3.8, 4) is 12.3 Å². The Hall–Kier alpha value is -1.58. The van der Waals surface area contributed by atoms with E-state index in [1.54, 1.807) is 7.11 Å². The summed E-state index contributed by atoms with van der Waals surface area (Å²) >= 11 is 0. The van der Waals surface area contributed by atoms with Crippen molar-refractivity contribution < 1.29 is 14.3 Å². The predicted octanol–water partition coefficient (Wildman–Crippen LogP) is -1.05. The standard InChI is InChI=1S/C12H21N3O3/c1-4-6-10(13)12(17)15(2)9-11(16)14-7-5-8-18-3/h1,10H,5-9,13H2,2-3H3,(H,14,16). The van der Waals surface area contributed by atoms with Gasteiger partial charge in [-0.05, 0) is 6.42 Å². The molecule has 1 unspecified atom stereocenters. The zero-order valence-electron chi connectivity index (χ0n) is 10.9. The Kier molecular flexibility index (Phi) is 8.62. The molecule has 0 radical (unpaired) electrons. The monoisotopic (exact) mass is 255 g/mol. The summed E-state index contributed by atoms with van der Waals surface area (Å²) < 4.78 is 4.85. The smallest absolute Gasteiger partial charge is 0.240 e. The van der Waals surface area contributed by atoms with E-state index >= 15 is 0 Å². The largest absolute Gasteiger partial charge is 0.385 e. The van der Waals surface area contributed by atoms with E-state index in [1.807, 2.05) is 0 Å². The Morgan fingerprint density at radius 2 is 2.22 bits per heavy atom. The number of nitrogens with one attached hydrogen (secondary N) is 1. The van der Waals surface area contributed by atoms with Crippen molar-refractivity contribution in [3.63, 3.8) is 0 Å². The lowest BCUT2D eigenvalue weighted by molar-refractivity contribution is -0.135. The molecule has 6 nitrogen and oxygen atoms in total. The Morgan fingerprint density at radius 3 is 2.78 bits per heavy atom. The van der Waals surface area contributed by atoms with Crippen molar-refractivity contribution in [3.05, 3.63) is 0 Å². The van der Waals surface area contributed by atoms with Crippen LogP contribution in [0, 0.1) is 12.3 Å². The van der Waals surface area contributed by atoms with Crippen molar-refractivity contribution in [1.82, 2.24) is 10.2 Å². The fourth-order valence-electron chi connectivity index (χ4n) is 1.29. The third-order valence-electron chi connectivity index (χ3n) is 2.26. The highest BCUT2D eigenvalue weighted by Gasteiger charge is 2.18. The maximum Gasteiger partial charge on any atom is 0.240 e. The molecule has 0 aromatic carbocycles. The van der Waals surface area contributed by atoms with Crippen LogP contribution in [0.15, 0.2) is 0 Å². The molecule has 18 heavy (non-hydrogen) atoms. The number of terminal acetylenes is 1. The molecule has 3 N–H and O–H groups in total. The van der Waals surface area contributed by atoms with Gasteiger partial charge in [-0.15, -0.1) is 12.3 Å². The molecule has 0 saturated carbocycles. The van der Waals surface area contributed by atoms with Crippen molar-refractivity contribution in [1.29, 1.82) is 0 Å². The van der Waals surface area contributed by atoms with Gasteiger partial charge in [-0.3, -0.25) is 9.59 Å². The maximum absolute atomic E-state index is 11.7. The molecule has 0 aliphatic carbocycles. The highest BCUT2D eigenvalue weighted by atomic mass is 16.5. The van der Waals surface area contributed by atoms with E-state index in [-0.39, 0.29) is 24.8 Å². The molecule has 0 rings (SSSR count). The van der Waals surface area contributed by atoms with E-state index in [0.717, 1.165) is 6.42 Å². The van der Waals surface area contributed by atoms with Crippen molar-refractivity contribution >= 4 is 11.8 Å². The van der Waals surface area contributed by atoms with Crippen LogP contribution in [0.1, 0.15) is 12.8 Å². The molecule has 0 heterocycles. The molecule has 0 spiro atoms. The number of amides is 2. The number of carbonyl (C=O) groups is 2. The van der Waals surface area contributed by atoms with Crippen molar-refractivity contribution in [2.45, 2.75) is 18.9 Å². The molecule has 0 aliphatic rings. The second kappa shape index (κ2) is 9.45. The minimum Gasteiger partial charge on any atom is -0.385 e. The molecule has 2 amide bonds. The first-order valence-electron chi connectivity index (χ1n) is 5.72. The van der Waals surface area contributed by atoms with E-state index < -0.39 is 6.04 Å². The van der Waals surface area contributed by atoms with E-state index in [4.69, 9.17) is 16.9 Å². The third kappa shape index (κ3) is 6.89. The van der Waals surface area contributed by atoms with Crippen LogP contribution in [0.2, 0.25) is 0 Å². The van der Waals surface area contributed by atoms with E-state index in [2.05, 4.69) is 11.2 Å². The van der Waals surface area contributed by atoms with E-state index in [0.29, 0.717) is 13.2 Å². The van der Waals surface area contributed by atoms with Gasteiger partial charge in [0.2, 0.25) is 11.8 Å². The lowest BCUT2D eigenvalue weighted by Gasteiger charge is -2.19. The van der Waals surface area contributed by atoms with Crippen LogP contribution in [0.25, 0.3) is 0 Å². The van der Waals surface area contributed by atoms with Crippen LogP contribution in [-0.4, -0.2) is 56.6 Å². The van der Waals surface area contributed by atoms with Crippen LogP contribution in [0.4, 0.5) is 0 Å². The third-order valence-corrected chi connectivity index (χ3v) is 2.26. The zero-order chi connectivity index (χ0) is 14.0. The summed E-state index contributed by atoms with van der Waals surface area (Å²) in [7, 11) is 3.12. The van der Waals surface area contributed by atoms with Gasteiger partial charge >= 0.3 is 0 Å². The highest BCUT2D eigenvalue weighted by molar-refractivity contribution is 5.87. The minimum atomic E-state index is -0.749. The van der Waals surface area contributed by atoms with Gasteiger partial charge in [-0.1, -0.05) is 0 Å². The number of likely N-dealkylation sites (N-methyl/N-ethyl adjacent to an activating group) is 1. The fraction of sp³-hybridized carbons (Fsp3) is 0.667. The van der Waals surface area contributed by atoms with Gasteiger partial charge in [0.15, 0.2) is 0 Å². The molecule has 0 fully saturated rings. The first kappa shape index (κ1) is 16.4. The van der Waals surface area contributed by atoms with Crippen LogP contribution in [-0.2, 0) is 14.3 Å². The number of nitrogens with zero attached hydrogens (tertiary/aromatic N) is 1. The molecule has 0 bridgehead atoms. The van der Waals surface area contributed by atoms with Crippen LogP contribution in [0.3, 0.4) is 0 Å². The number of rotatable bonds is 8. The first-order chi connectivity index (χ1) is 8.52. The second-order valence-corrected chi connectivity index (χ2v) is 3.91. The van der Waals surface area contributed by atoms with Gasteiger partial charge < -0.3 is 20.7 Å². The molecule has 6 heteroatoms. The summed E-state index contributed by atoms with van der Waals surface area (Å²) in [5.41, 5.74) is 5.56. The highest BCUT2D eigenvalue weighted by Crippen LogP contribution is 1.94. The van der Waals surface area contributed by atoms with Crippen molar-refractivity contribution in [2.75, 3.05) is 33.9 Å². The topological polar surface area (TPSA) is 84.7 Å². The summed E-state index contributed by atoms with van der Waals surface area (Å²) in [6.07, 6.45) is 5.97. The summed E-state index contributed by atoms with van der Waals surface area (Å²) in [5.74, 6) is 1.76. The Bertz CT molecular complexity index is 312. The molecule has 0 aliphatic heterocycles. The van der Waals surface area contributed by atoms with Gasteiger partial charge in [0.1, 0.15) is 0 Å². The first-order valence-corrected chi connectivity index (χ1v) is 5.72. The number of methoxy groups -OCH3 is 1. The molecular formula is C12H21N3O3. The average Bonchev–Trinajstić information content (AvgIpc) is 2.34. The Balaban J connectivity index is 3.92. The van der Waals surface area contributed by atoms with Gasteiger partial charge in [-0.2, -0.15) is 0 Å². The minimum absolute atomic E-state index is 0.0237. The summed E-state index contributed by atoms with van der Waals surface area (Å²) in [6.45, 7) is 1.08. The van der Waals surface area contributed by atoms with E-state index in [9.17, 15) is 9.59 Å². The number of carbonyl (C=O) groups excluding carboxylic acids is 2. The van der Waals surface area contributed by atoms with Crippen molar-refractivity contribution in [2.24, 2.45) is 5.73 Å². The number of ether oxygens (including phenoxy) is 1. The van der Waals surface area contributed by atoms with Gasteiger partial charge in [0, 0.05) is 33.7 Å². The van der Waals surface area contributed by atoms with E-state index in [1.165, 1.54) is 11.9 Å². The average molecular weight is 255 g/mol. The fourth-order valence-corrected chi connectivity index (χ4v) is 1.29.